The van der Waals surface area contributed by atoms with E-state index >= 15 is 0 Å². The van der Waals surface area contributed by atoms with Crippen molar-refractivity contribution >= 4 is 0 Å². The Kier molecular flexibility index (Phi) is 3.60. The molecule has 0 saturated heterocycles. The first-order valence-electron chi connectivity index (χ1n) is 6.92. The third kappa shape index (κ3) is 2.77. The van der Waals surface area contributed by atoms with E-state index in [1.54, 1.807) is 0 Å². The summed E-state index contributed by atoms with van der Waals surface area (Å²) < 4.78 is 11.1. The number of nitrogens with two attached hydrogens (primary N) is 1. The van der Waals surface area contributed by atoms with E-state index in [-0.39, 0.29) is 6.04 Å². The number of imidazole rings is 1. The van der Waals surface area contributed by atoms with Gasteiger partial charge in [-0.3, -0.25) is 0 Å². The fraction of sp³-hybridized carbons (Fsp3) is 0.400. The summed E-state index contributed by atoms with van der Waals surface area (Å²) in [5, 5.41) is 0. The summed E-state index contributed by atoms with van der Waals surface area (Å²) in [4.78, 5) is 7.72. The number of aromatic nitrogens is 2. The van der Waals surface area contributed by atoms with Crippen LogP contribution in [0.3, 0.4) is 0 Å². The van der Waals surface area contributed by atoms with Crippen molar-refractivity contribution in [3.05, 3.63) is 30.2 Å². The molecule has 106 valence electrons. The highest BCUT2D eigenvalue weighted by Gasteiger charge is 2.13. The van der Waals surface area contributed by atoms with Crippen LogP contribution < -0.4 is 15.2 Å². The Morgan fingerprint density at radius 1 is 1.30 bits per heavy atom. The fourth-order valence-electron chi connectivity index (χ4n) is 2.21. The molecule has 3 N–H and O–H groups in total. The molecule has 20 heavy (non-hydrogen) atoms. The summed E-state index contributed by atoms with van der Waals surface area (Å²) in [6, 6.07) is 6.12. The maximum absolute atomic E-state index is 5.76. The second-order valence-electron chi connectivity index (χ2n) is 5.12. The summed E-state index contributed by atoms with van der Waals surface area (Å²) in [7, 11) is 0. The summed E-state index contributed by atoms with van der Waals surface area (Å²) in [6.45, 7) is 3.21. The second kappa shape index (κ2) is 5.54. The topological polar surface area (TPSA) is 73.2 Å². The Balaban J connectivity index is 1.79. The van der Waals surface area contributed by atoms with E-state index in [2.05, 4.69) is 9.97 Å². The standard InChI is InChI=1S/C15H19N3O2/c1-10(16)2-5-15-17-9-12(18-15)11-3-4-13-14(8-11)20-7-6-19-13/h3-4,8-10H,2,5-7,16H2,1H3,(H,17,18). The molecule has 0 spiro atoms. The summed E-state index contributed by atoms with van der Waals surface area (Å²) in [5.74, 6) is 2.56. The lowest BCUT2D eigenvalue weighted by Gasteiger charge is -2.18. The van der Waals surface area contributed by atoms with Gasteiger partial charge in [0.05, 0.1) is 11.9 Å². The number of rotatable bonds is 4. The lowest BCUT2D eigenvalue weighted by Crippen LogP contribution is -2.15. The maximum atomic E-state index is 5.76. The molecule has 1 aliphatic heterocycles. The molecule has 2 heterocycles. The van der Waals surface area contributed by atoms with E-state index in [0.717, 1.165) is 41.4 Å². The van der Waals surface area contributed by atoms with Crippen LogP contribution in [-0.4, -0.2) is 29.2 Å². The number of hydrogen-bond acceptors (Lipinski definition) is 4. The Morgan fingerprint density at radius 2 is 2.10 bits per heavy atom. The minimum absolute atomic E-state index is 0.192. The molecule has 2 aromatic rings. The fourth-order valence-corrected chi connectivity index (χ4v) is 2.21. The molecule has 1 unspecified atom stereocenters. The molecule has 0 radical (unpaired) electrons. The van der Waals surface area contributed by atoms with Crippen LogP contribution in [0.5, 0.6) is 11.5 Å². The molecule has 3 rings (SSSR count). The van der Waals surface area contributed by atoms with Gasteiger partial charge in [-0.2, -0.15) is 0 Å². The van der Waals surface area contributed by atoms with Crippen molar-refractivity contribution in [1.29, 1.82) is 0 Å². The van der Waals surface area contributed by atoms with Gasteiger partial charge in [0.15, 0.2) is 11.5 Å². The van der Waals surface area contributed by atoms with Gasteiger partial charge in [0.1, 0.15) is 19.0 Å². The van der Waals surface area contributed by atoms with E-state index in [1.165, 1.54) is 0 Å². The van der Waals surface area contributed by atoms with Crippen molar-refractivity contribution < 1.29 is 9.47 Å². The largest absolute Gasteiger partial charge is 0.486 e. The van der Waals surface area contributed by atoms with Gasteiger partial charge in [-0.1, -0.05) is 0 Å². The molecular formula is C15H19N3O2. The average molecular weight is 273 g/mol. The Morgan fingerprint density at radius 3 is 2.90 bits per heavy atom. The van der Waals surface area contributed by atoms with Crippen LogP contribution in [0, 0.1) is 0 Å². The smallest absolute Gasteiger partial charge is 0.162 e. The average Bonchev–Trinajstić information content (AvgIpc) is 2.93. The number of nitrogens with zero attached hydrogens (tertiary/aromatic N) is 1. The molecule has 1 aliphatic rings. The maximum Gasteiger partial charge on any atom is 0.162 e. The van der Waals surface area contributed by atoms with Crippen molar-refractivity contribution in [1.82, 2.24) is 9.97 Å². The monoisotopic (exact) mass is 273 g/mol. The highest BCUT2D eigenvalue weighted by molar-refractivity contribution is 5.63. The van der Waals surface area contributed by atoms with Gasteiger partial charge in [-0.05, 0) is 31.5 Å². The number of H-pyrrole nitrogens is 1. The van der Waals surface area contributed by atoms with Gasteiger partial charge < -0.3 is 20.2 Å². The minimum Gasteiger partial charge on any atom is -0.486 e. The van der Waals surface area contributed by atoms with Crippen LogP contribution in [0.15, 0.2) is 24.4 Å². The molecule has 0 bridgehead atoms. The van der Waals surface area contributed by atoms with Crippen LogP contribution in [0.1, 0.15) is 19.2 Å². The Labute approximate surface area is 118 Å². The van der Waals surface area contributed by atoms with E-state index in [1.807, 2.05) is 31.3 Å². The number of aromatic amines is 1. The van der Waals surface area contributed by atoms with Gasteiger partial charge in [0.25, 0.3) is 0 Å². The van der Waals surface area contributed by atoms with Crippen LogP contribution in [-0.2, 0) is 6.42 Å². The molecule has 1 aromatic carbocycles. The van der Waals surface area contributed by atoms with Crippen molar-refractivity contribution in [3.8, 4) is 22.8 Å². The molecular weight excluding hydrogens is 254 g/mol. The van der Waals surface area contributed by atoms with Crippen LogP contribution in [0.25, 0.3) is 11.3 Å². The Bertz CT molecular complexity index is 593. The second-order valence-corrected chi connectivity index (χ2v) is 5.12. The third-order valence-electron chi connectivity index (χ3n) is 3.32. The highest BCUT2D eigenvalue weighted by atomic mass is 16.6. The van der Waals surface area contributed by atoms with Crippen LogP contribution in [0.4, 0.5) is 0 Å². The van der Waals surface area contributed by atoms with Crippen LogP contribution >= 0.6 is 0 Å². The lowest BCUT2D eigenvalue weighted by molar-refractivity contribution is 0.171. The number of benzene rings is 1. The molecule has 1 atom stereocenters. The molecule has 5 heteroatoms. The van der Waals surface area contributed by atoms with Gasteiger partial charge in [-0.25, -0.2) is 4.98 Å². The molecule has 5 nitrogen and oxygen atoms in total. The first kappa shape index (κ1) is 13.0. The van der Waals surface area contributed by atoms with Crippen LogP contribution in [0.2, 0.25) is 0 Å². The lowest BCUT2D eigenvalue weighted by atomic mass is 10.1. The number of fused-ring (bicyclic) bond motifs is 1. The number of ether oxygens (including phenoxy) is 2. The zero-order valence-electron chi connectivity index (χ0n) is 11.6. The zero-order chi connectivity index (χ0) is 13.9. The minimum atomic E-state index is 0.192. The quantitative estimate of drug-likeness (QED) is 0.895. The van der Waals surface area contributed by atoms with Gasteiger partial charge in [0, 0.05) is 18.0 Å². The van der Waals surface area contributed by atoms with E-state index in [0.29, 0.717) is 13.2 Å². The molecule has 0 fully saturated rings. The van der Waals surface area contributed by atoms with E-state index in [4.69, 9.17) is 15.2 Å². The number of aryl methyl sites for hydroxylation is 1. The van der Waals surface area contributed by atoms with Gasteiger partial charge in [-0.15, -0.1) is 0 Å². The molecule has 0 amide bonds. The van der Waals surface area contributed by atoms with Crippen molar-refractivity contribution in [2.24, 2.45) is 5.73 Å². The SMILES string of the molecule is CC(N)CCc1ncc(-c2ccc3c(c2)OCCO3)[nH]1. The van der Waals surface area contributed by atoms with Crippen molar-refractivity contribution in [3.63, 3.8) is 0 Å². The van der Waals surface area contributed by atoms with Crippen molar-refractivity contribution in [2.45, 2.75) is 25.8 Å². The summed E-state index contributed by atoms with van der Waals surface area (Å²) in [6.07, 6.45) is 3.64. The molecule has 0 aliphatic carbocycles. The zero-order valence-corrected chi connectivity index (χ0v) is 11.6. The van der Waals surface area contributed by atoms with Gasteiger partial charge >= 0.3 is 0 Å². The Hall–Kier alpha value is -2.01. The number of nitrogens with one attached hydrogen (secondary N) is 1. The first-order valence-corrected chi connectivity index (χ1v) is 6.92. The molecule has 1 aromatic heterocycles. The predicted molar refractivity (Wildman–Crippen MR) is 77.0 cm³/mol. The first-order chi connectivity index (χ1) is 9.72. The van der Waals surface area contributed by atoms with Crippen molar-refractivity contribution in [2.75, 3.05) is 13.2 Å². The normalized spacial score (nSPS) is 15.1. The van der Waals surface area contributed by atoms with E-state index < -0.39 is 0 Å². The number of hydrogen-bond donors (Lipinski definition) is 2. The molecule has 0 saturated carbocycles. The summed E-state index contributed by atoms with van der Waals surface area (Å²) >= 11 is 0. The van der Waals surface area contributed by atoms with E-state index in [9.17, 15) is 0 Å². The summed E-state index contributed by atoms with van der Waals surface area (Å²) in [5.41, 5.74) is 7.80. The third-order valence-corrected chi connectivity index (χ3v) is 3.32. The highest BCUT2D eigenvalue weighted by Crippen LogP contribution is 2.33. The van der Waals surface area contributed by atoms with Gasteiger partial charge in [0.2, 0.25) is 0 Å². The predicted octanol–water partition coefficient (Wildman–Crippen LogP) is 2.13.